The number of nitro benzene ring substituents is 1. The monoisotopic (exact) mass is 388 g/mol. The molecule has 138 valence electrons. The molecule has 2 amide bonds. The van der Waals surface area contributed by atoms with E-state index in [0.29, 0.717) is 24.5 Å². The Morgan fingerprint density at radius 3 is 2.64 bits per heavy atom. The summed E-state index contributed by atoms with van der Waals surface area (Å²) in [6.45, 7) is 3.81. The quantitative estimate of drug-likeness (QED) is 0.430. The van der Waals surface area contributed by atoms with Gasteiger partial charge in [-0.2, -0.15) is 0 Å². The van der Waals surface area contributed by atoms with Crippen molar-refractivity contribution in [2.75, 3.05) is 25.4 Å². The van der Waals surface area contributed by atoms with Gasteiger partial charge in [0.05, 0.1) is 15.6 Å². The number of hydrogen-bond acceptors (Lipinski definition) is 6. The minimum absolute atomic E-state index is 0. The van der Waals surface area contributed by atoms with E-state index in [1.165, 1.54) is 12.1 Å². The van der Waals surface area contributed by atoms with Crippen LogP contribution in [-0.2, 0) is 4.79 Å². The van der Waals surface area contributed by atoms with E-state index in [2.05, 4.69) is 0 Å². The zero-order chi connectivity index (χ0) is 17.9. The average Bonchev–Trinajstić information content (AvgIpc) is 2.95. The molecular formula is C15H21ClN4O4S. The van der Waals surface area contributed by atoms with E-state index in [1.807, 2.05) is 6.92 Å². The molecule has 1 aliphatic heterocycles. The average molecular weight is 389 g/mol. The Morgan fingerprint density at radius 1 is 1.44 bits per heavy atom. The number of nitrogens with zero attached hydrogens (tertiary/aromatic N) is 2. The molecule has 1 saturated heterocycles. The lowest BCUT2D eigenvalue weighted by molar-refractivity contribution is -0.387. The van der Waals surface area contributed by atoms with Crippen LogP contribution >= 0.6 is 24.2 Å². The normalized spacial score (nSPS) is 19.4. The molecule has 1 aliphatic rings. The molecular weight excluding hydrogens is 368 g/mol. The van der Waals surface area contributed by atoms with Crippen molar-refractivity contribution in [1.82, 2.24) is 4.90 Å². The van der Waals surface area contributed by atoms with Gasteiger partial charge in [-0.25, -0.2) is 0 Å². The van der Waals surface area contributed by atoms with Gasteiger partial charge < -0.3 is 16.4 Å². The smallest absolute Gasteiger partial charge is 0.283 e. The summed E-state index contributed by atoms with van der Waals surface area (Å²) in [5.74, 6) is -0.716. The summed E-state index contributed by atoms with van der Waals surface area (Å²) in [6, 6.07) is 4.00. The largest absolute Gasteiger partial charge is 0.366 e. The molecule has 0 radical (unpaired) electrons. The highest BCUT2D eigenvalue weighted by atomic mass is 35.5. The molecule has 0 spiro atoms. The third-order valence-corrected chi connectivity index (χ3v) is 5.24. The van der Waals surface area contributed by atoms with Crippen molar-refractivity contribution < 1.29 is 14.5 Å². The van der Waals surface area contributed by atoms with E-state index in [1.54, 1.807) is 4.90 Å². The molecule has 1 aromatic rings. The van der Waals surface area contributed by atoms with Gasteiger partial charge in [0.2, 0.25) is 11.8 Å². The van der Waals surface area contributed by atoms with E-state index in [-0.39, 0.29) is 40.7 Å². The molecule has 2 rings (SSSR count). The third kappa shape index (κ3) is 5.07. The molecule has 0 saturated carbocycles. The van der Waals surface area contributed by atoms with Crippen molar-refractivity contribution >= 4 is 41.7 Å². The number of likely N-dealkylation sites (tertiary alicyclic amines) is 1. The number of benzene rings is 1. The molecule has 1 heterocycles. The summed E-state index contributed by atoms with van der Waals surface area (Å²) in [7, 11) is 0. The van der Waals surface area contributed by atoms with Crippen LogP contribution in [0, 0.1) is 15.5 Å². The number of nitro groups is 1. The van der Waals surface area contributed by atoms with Crippen molar-refractivity contribution in [3.05, 3.63) is 33.9 Å². The fourth-order valence-corrected chi connectivity index (χ4v) is 3.48. The molecule has 0 bridgehead atoms. The van der Waals surface area contributed by atoms with E-state index >= 15 is 0 Å². The minimum Gasteiger partial charge on any atom is -0.366 e. The van der Waals surface area contributed by atoms with Crippen molar-refractivity contribution in [3.8, 4) is 0 Å². The van der Waals surface area contributed by atoms with Gasteiger partial charge in [0.1, 0.15) is 0 Å². The predicted molar refractivity (Wildman–Crippen MR) is 97.9 cm³/mol. The van der Waals surface area contributed by atoms with Gasteiger partial charge in [0.15, 0.2) is 0 Å². The Morgan fingerprint density at radius 2 is 2.12 bits per heavy atom. The van der Waals surface area contributed by atoms with Gasteiger partial charge in [0, 0.05) is 24.7 Å². The fraction of sp³-hybridized carbons (Fsp3) is 0.467. The van der Waals surface area contributed by atoms with Crippen LogP contribution in [0.1, 0.15) is 23.7 Å². The summed E-state index contributed by atoms with van der Waals surface area (Å²) in [4.78, 5) is 36.1. The molecule has 1 aromatic carbocycles. The van der Waals surface area contributed by atoms with Crippen LogP contribution in [0.25, 0.3) is 0 Å². The third-order valence-electron chi connectivity index (χ3n) is 4.19. The van der Waals surface area contributed by atoms with Crippen LogP contribution < -0.4 is 11.5 Å². The topological polar surface area (TPSA) is 133 Å². The van der Waals surface area contributed by atoms with E-state index in [4.69, 9.17) is 11.5 Å². The first kappa shape index (κ1) is 21.2. The van der Waals surface area contributed by atoms with Crippen molar-refractivity contribution in [2.24, 2.45) is 16.9 Å². The van der Waals surface area contributed by atoms with Crippen molar-refractivity contribution in [1.29, 1.82) is 0 Å². The van der Waals surface area contributed by atoms with E-state index in [0.717, 1.165) is 24.2 Å². The number of hydrogen-bond donors (Lipinski definition) is 2. The van der Waals surface area contributed by atoms with Crippen LogP contribution in [0.5, 0.6) is 0 Å². The predicted octanol–water partition coefficient (Wildman–Crippen LogP) is 1.40. The number of nitrogens with two attached hydrogens (primary N) is 2. The molecule has 4 N–H and O–H groups in total. The SMILES string of the molecule is CC1(CN)CCN(C(=O)CSc2ccc(C(N)=O)cc2[N+](=O)[O-])C1.Cl. The molecule has 1 fully saturated rings. The summed E-state index contributed by atoms with van der Waals surface area (Å²) >= 11 is 1.08. The first-order chi connectivity index (χ1) is 11.3. The second kappa shape index (κ2) is 8.50. The lowest BCUT2D eigenvalue weighted by atomic mass is 9.90. The number of carbonyl (C=O) groups excluding carboxylic acids is 2. The lowest BCUT2D eigenvalue weighted by Crippen LogP contribution is -2.35. The number of amides is 2. The molecule has 10 heteroatoms. The molecule has 1 atom stereocenters. The standard InChI is InChI=1S/C15H20N4O4S.ClH/c1-15(8-16)4-5-18(9-15)13(20)7-24-12-3-2-10(14(17)21)6-11(12)19(22)23;/h2-3,6H,4-5,7-9,16H2,1H3,(H2,17,21);1H. The Bertz CT molecular complexity index is 687. The summed E-state index contributed by atoms with van der Waals surface area (Å²) < 4.78 is 0. The van der Waals surface area contributed by atoms with Crippen molar-refractivity contribution in [2.45, 2.75) is 18.2 Å². The van der Waals surface area contributed by atoms with E-state index in [9.17, 15) is 19.7 Å². The first-order valence-electron chi connectivity index (χ1n) is 7.45. The molecule has 8 nitrogen and oxygen atoms in total. The maximum absolute atomic E-state index is 12.3. The zero-order valence-electron chi connectivity index (χ0n) is 13.8. The summed E-state index contributed by atoms with van der Waals surface area (Å²) in [5.41, 5.74) is 10.6. The van der Waals surface area contributed by atoms with Gasteiger partial charge in [-0.15, -0.1) is 24.2 Å². The number of rotatable bonds is 6. The second-order valence-electron chi connectivity index (χ2n) is 6.17. The second-order valence-corrected chi connectivity index (χ2v) is 7.19. The zero-order valence-corrected chi connectivity index (χ0v) is 15.4. The summed E-state index contributed by atoms with van der Waals surface area (Å²) in [5, 5.41) is 11.2. The highest BCUT2D eigenvalue weighted by molar-refractivity contribution is 8.00. The Kier molecular flexibility index (Phi) is 7.21. The lowest BCUT2D eigenvalue weighted by Gasteiger charge is -2.22. The molecule has 1 unspecified atom stereocenters. The van der Waals surface area contributed by atoms with Crippen LogP contribution in [0.15, 0.2) is 23.1 Å². The Hall–Kier alpha value is -1.84. The van der Waals surface area contributed by atoms with Gasteiger partial charge in [-0.05, 0) is 30.5 Å². The van der Waals surface area contributed by atoms with Crippen molar-refractivity contribution in [3.63, 3.8) is 0 Å². The number of thioether (sulfide) groups is 1. The van der Waals surface area contributed by atoms with Crippen LogP contribution in [0.2, 0.25) is 0 Å². The van der Waals surface area contributed by atoms with Crippen LogP contribution in [-0.4, -0.2) is 47.0 Å². The molecule has 25 heavy (non-hydrogen) atoms. The maximum Gasteiger partial charge on any atom is 0.283 e. The Labute approximate surface area is 155 Å². The Balaban J connectivity index is 0.00000312. The van der Waals surface area contributed by atoms with Gasteiger partial charge in [0.25, 0.3) is 5.69 Å². The minimum atomic E-state index is -0.733. The van der Waals surface area contributed by atoms with Gasteiger partial charge in [-0.1, -0.05) is 6.92 Å². The van der Waals surface area contributed by atoms with Gasteiger partial charge >= 0.3 is 0 Å². The fourth-order valence-electron chi connectivity index (χ4n) is 2.57. The van der Waals surface area contributed by atoms with Gasteiger partial charge in [-0.3, -0.25) is 19.7 Å². The van der Waals surface area contributed by atoms with Crippen LogP contribution in [0.4, 0.5) is 5.69 Å². The molecule has 0 aliphatic carbocycles. The first-order valence-corrected chi connectivity index (χ1v) is 8.43. The summed E-state index contributed by atoms with van der Waals surface area (Å²) in [6.07, 6.45) is 0.855. The molecule has 0 aromatic heterocycles. The highest BCUT2D eigenvalue weighted by Crippen LogP contribution is 2.32. The number of carbonyl (C=O) groups is 2. The van der Waals surface area contributed by atoms with Crippen LogP contribution in [0.3, 0.4) is 0 Å². The maximum atomic E-state index is 12.3. The number of primary amides is 1. The highest BCUT2D eigenvalue weighted by Gasteiger charge is 2.34. The van der Waals surface area contributed by atoms with E-state index < -0.39 is 10.8 Å². The number of halogens is 1.